The van der Waals surface area contributed by atoms with Crippen LogP contribution in [0.1, 0.15) is 28.4 Å². The molecule has 4 aromatic rings. The molecule has 0 heterocycles. The summed E-state index contributed by atoms with van der Waals surface area (Å²) in [6.45, 7) is 0.879. The maximum Gasteiger partial charge on any atom is 0.251 e. The van der Waals surface area contributed by atoms with E-state index in [0.29, 0.717) is 5.56 Å². The standard InChI is InChI=1S/C29H30N2O2/c1-31(2)18-17-28(25-12-11-21-7-4-5-8-23(21)19-25)30-29(32)26-10-6-9-24(20-26)22-13-15-27(33-3)16-14-22/h4-16,19-20,28H,17-18H2,1-3H3,(H,30,32)/t28-/m0/s1. The lowest BCUT2D eigenvalue weighted by Gasteiger charge is -2.22. The molecule has 33 heavy (non-hydrogen) atoms. The second-order valence-electron chi connectivity index (χ2n) is 8.53. The summed E-state index contributed by atoms with van der Waals surface area (Å²) in [4.78, 5) is 15.4. The lowest BCUT2D eigenvalue weighted by molar-refractivity contribution is 0.0933. The van der Waals surface area contributed by atoms with Crippen LogP contribution in [0.5, 0.6) is 5.75 Å². The van der Waals surface area contributed by atoms with Crippen LogP contribution in [0.2, 0.25) is 0 Å². The minimum atomic E-state index is -0.0749. The molecule has 0 bridgehead atoms. The Kier molecular flexibility index (Phi) is 7.06. The van der Waals surface area contributed by atoms with E-state index < -0.39 is 0 Å². The Bertz CT molecular complexity index is 1230. The number of nitrogens with zero attached hydrogens (tertiary/aromatic N) is 1. The summed E-state index contributed by atoms with van der Waals surface area (Å²) in [6, 6.07) is 30.3. The number of hydrogen-bond acceptors (Lipinski definition) is 3. The van der Waals surface area contributed by atoms with Crippen molar-refractivity contribution in [1.82, 2.24) is 10.2 Å². The maximum atomic E-state index is 13.3. The average molecular weight is 439 g/mol. The van der Waals surface area contributed by atoms with Crippen LogP contribution in [0.3, 0.4) is 0 Å². The summed E-state index contributed by atoms with van der Waals surface area (Å²) < 4.78 is 5.25. The van der Waals surface area contributed by atoms with Crippen molar-refractivity contribution in [2.45, 2.75) is 12.5 Å². The van der Waals surface area contributed by atoms with Crippen molar-refractivity contribution in [3.63, 3.8) is 0 Å². The molecule has 1 N–H and O–H groups in total. The first-order valence-electron chi connectivity index (χ1n) is 11.2. The molecule has 0 aliphatic carbocycles. The Morgan fingerprint density at radius 2 is 1.61 bits per heavy atom. The van der Waals surface area contributed by atoms with Crippen LogP contribution in [0, 0.1) is 0 Å². The Hall–Kier alpha value is -3.63. The number of carbonyl (C=O) groups is 1. The van der Waals surface area contributed by atoms with Gasteiger partial charge in [-0.05, 0) is 84.9 Å². The predicted octanol–water partition coefficient (Wildman–Crippen LogP) is 5.94. The SMILES string of the molecule is COc1ccc(-c2cccc(C(=O)N[C@@H](CCN(C)C)c3ccc4ccccc4c3)c2)cc1. The predicted molar refractivity (Wildman–Crippen MR) is 136 cm³/mol. The molecule has 4 aromatic carbocycles. The largest absolute Gasteiger partial charge is 0.497 e. The van der Waals surface area contributed by atoms with Crippen LogP contribution in [0.4, 0.5) is 0 Å². The molecule has 4 nitrogen and oxygen atoms in total. The van der Waals surface area contributed by atoms with Crippen LogP contribution < -0.4 is 10.1 Å². The summed E-state index contributed by atoms with van der Waals surface area (Å²) in [7, 11) is 5.76. The van der Waals surface area contributed by atoms with Gasteiger partial charge in [-0.3, -0.25) is 4.79 Å². The number of hydrogen-bond donors (Lipinski definition) is 1. The van der Waals surface area contributed by atoms with Gasteiger partial charge >= 0.3 is 0 Å². The molecule has 0 spiro atoms. The second kappa shape index (κ2) is 10.3. The highest BCUT2D eigenvalue weighted by atomic mass is 16.5. The minimum absolute atomic E-state index is 0.0673. The van der Waals surface area contributed by atoms with Gasteiger partial charge < -0.3 is 15.0 Å². The second-order valence-corrected chi connectivity index (χ2v) is 8.53. The first kappa shape index (κ1) is 22.6. The Balaban J connectivity index is 1.58. The number of methoxy groups -OCH3 is 1. The zero-order chi connectivity index (χ0) is 23.2. The third-order valence-corrected chi connectivity index (χ3v) is 5.89. The molecule has 0 saturated carbocycles. The highest BCUT2D eigenvalue weighted by Gasteiger charge is 2.17. The molecule has 168 valence electrons. The molecule has 4 rings (SSSR count). The van der Waals surface area contributed by atoms with Gasteiger partial charge in [-0.25, -0.2) is 0 Å². The van der Waals surface area contributed by atoms with E-state index in [4.69, 9.17) is 4.74 Å². The highest BCUT2D eigenvalue weighted by Crippen LogP contribution is 2.25. The van der Waals surface area contributed by atoms with Gasteiger partial charge in [0.1, 0.15) is 5.75 Å². The number of nitrogens with one attached hydrogen (secondary N) is 1. The quantitative estimate of drug-likeness (QED) is 0.370. The molecule has 1 atom stereocenters. The van der Waals surface area contributed by atoms with Crippen molar-refractivity contribution in [3.05, 3.63) is 102 Å². The van der Waals surface area contributed by atoms with Crippen molar-refractivity contribution >= 4 is 16.7 Å². The number of carbonyl (C=O) groups excluding carboxylic acids is 1. The van der Waals surface area contributed by atoms with E-state index >= 15 is 0 Å². The van der Waals surface area contributed by atoms with E-state index in [2.05, 4.69) is 54.6 Å². The van der Waals surface area contributed by atoms with Crippen molar-refractivity contribution in [2.75, 3.05) is 27.7 Å². The fourth-order valence-electron chi connectivity index (χ4n) is 4.00. The van der Waals surface area contributed by atoms with Crippen LogP contribution in [-0.2, 0) is 0 Å². The summed E-state index contributed by atoms with van der Waals surface area (Å²) in [5.41, 5.74) is 3.82. The fourth-order valence-corrected chi connectivity index (χ4v) is 4.00. The lowest BCUT2D eigenvalue weighted by atomic mass is 9.98. The number of ether oxygens (including phenoxy) is 1. The highest BCUT2D eigenvalue weighted by molar-refractivity contribution is 5.96. The van der Waals surface area contributed by atoms with Crippen molar-refractivity contribution < 1.29 is 9.53 Å². The van der Waals surface area contributed by atoms with E-state index in [0.717, 1.165) is 35.4 Å². The monoisotopic (exact) mass is 438 g/mol. The molecular formula is C29H30N2O2. The molecule has 0 saturated heterocycles. The normalized spacial score (nSPS) is 12.0. The van der Waals surface area contributed by atoms with Crippen LogP contribution in [0.25, 0.3) is 21.9 Å². The minimum Gasteiger partial charge on any atom is -0.497 e. The number of benzene rings is 4. The van der Waals surface area contributed by atoms with E-state index in [-0.39, 0.29) is 11.9 Å². The molecule has 0 unspecified atom stereocenters. The fraction of sp³-hybridized carbons (Fsp3) is 0.207. The van der Waals surface area contributed by atoms with E-state index in [1.807, 2.05) is 60.7 Å². The van der Waals surface area contributed by atoms with Crippen LogP contribution in [-0.4, -0.2) is 38.6 Å². The van der Waals surface area contributed by atoms with Crippen molar-refractivity contribution in [3.8, 4) is 16.9 Å². The van der Waals surface area contributed by atoms with Crippen molar-refractivity contribution in [1.29, 1.82) is 0 Å². The number of amides is 1. The number of fused-ring (bicyclic) bond motifs is 1. The number of rotatable bonds is 8. The zero-order valence-electron chi connectivity index (χ0n) is 19.4. The van der Waals surface area contributed by atoms with Gasteiger partial charge in [0.05, 0.1) is 13.2 Å². The third kappa shape index (κ3) is 5.60. The van der Waals surface area contributed by atoms with Gasteiger partial charge in [-0.15, -0.1) is 0 Å². The van der Waals surface area contributed by atoms with E-state index in [9.17, 15) is 4.79 Å². The van der Waals surface area contributed by atoms with Crippen LogP contribution in [0.15, 0.2) is 91.0 Å². The molecule has 0 aliphatic heterocycles. The van der Waals surface area contributed by atoms with Crippen molar-refractivity contribution in [2.24, 2.45) is 0 Å². The zero-order valence-corrected chi connectivity index (χ0v) is 19.4. The van der Waals surface area contributed by atoms with E-state index in [1.165, 1.54) is 10.8 Å². The molecule has 0 aliphatic rings. The third-order valence-electron chi connectivity index (χ3n) is 5.89. The van der Waals surface area contributed by atoms with Gasteiger partial charge in [0.2, 0.25) is 0 Å². The molecule has 4 heteroatoms. The first-order chi connectivity index (χ1) is 16.0. The summed E-state index contributed by atoms with van der Waals surface area (Å²) in [5, 5.41) is 5.66. The first-order valence-corrected chi connectivity index (χ1v) is 11.2. The molecular weight excluding hydrogens is 408 g/mol. The lowest BCUT2D eigenvalue weighted by Crippen LogP contribution is -2.31. The van der Waals surface area contributed by atoms with Gasteiger partial charge in [0, 0.05) is 5.56 Å². The molecule has 1 amide bonds. The summed E-state index contributed by atoms with van der Waals surface area (Å²) in [6.07, 6.45) is 0.829. The molecule has 0 aromatic heterocycles. The Morgan fingerprint density at radius 1 is 0.848 bits per heavy atom. The van der Waals surface area contributed by atoms with Crippen LogP contribution >= 0.6 is 0 Å². The molecule has 0 fully saturated rings. The van der Waals surface area contributed by atoms with Gasteiger partial charge in [0.15, 0.2) is 0 Å². The summed E-state index contributed by atoms with van der Waals surface area (Å²) >= 11 is 0. The van der Waals surface area contributed by atoms with E-state index in [1.54, 1.807) is 7.11 Å². The average Bonchev–Trinajstić information content (AvgIpc) is 2.86. The Labute approximate surface area is 195 Å². The molecule has 0 radical (unpaired) electrons. The topological polar surface area (TPSA) is 41.6 Å². The van der Waals surface area contributed by atoms with Gasteiger partial charge in [-0.1, -0.05) is 60.7 Å². The smallest absolute Gasteiger partial charge is 0.251 e. The maximum absolute atomic E-state index is 13.3. The van der Waals surface area contributed by atoms with Gasteiger partial charge in [-0.2, -0.15) is 0 Å². The summed E-state index contributed by atoms with van der Waals surface area (Å²) in [5.74, 6) is 0.744. The van der Waals surface area contributed by atoms with Gasteiger partial charge in [0.25, 0.3) is 5.91 Å². The Morgan fingerprint density at radius 3 is 2.33 bits per heavy atom.